The molecule has 0 radical (unpaired) electrons. The second kappa shape index (κ2) is 9.10. The molecule has 0 atom stereocenters. The third-order valence-corrected chi connectivity index (χ3v) is 3.68. The van der Waals surface area contributed by atoms with Crippen LogP contribution in [0.25, 0.3) is 0 Å². The molecule has 0 bridgehead atoms. The van der Waals surface area contributed by atoms with Gasteiger partial charge in [-0.2, -0.15) is 0 Å². The predicted octanol–water partition coefficient (Wildman–Crippen LogP) is 4.02. The zero-order valence-corrected chi connectivity index (χ0v) is 15.6. The lowest BCUT2D eigenvalue weighted by atomic mass is 10.2. The normalized spacial score (nSPS) is 10.2. The lowest BCUT2D eigenvalue weighted by molar-refractivity contribution is -0.133. The van der Waals surface area contributed by atoms with E-state index in [1.165, 1.54) is 0 Å². The van der Waals surface area contributed by atoms with Gasteiger partial charge in [-0.15, -0.1) is 0 Å². The van der Waals surface area contributed by atoms with Crippen molar-refractivity contribution in [1.82, 2.24) is 0 Å². The molecule has 2 amide bonds. The number of halogens is 1. The van der Waals surface area contributed by atoms with Crippen LogP contribution in [0.3, 0.4) is 0 Å². The number of benzene rings is 2. The van der Waals surface area contributed by atoms with Crippen LogP contribution in [-0.2, 0) is 9.59 Å². The number of ether oxygens (including phenoxy) is 2. The molecule has 6 nitrogen and oxygen atoms in total. The Balaban J connectivity index is 2.08. The molecule has 26 heavy (non-hydrogen) atoms. The van der Waals surface area contributed by atoms with Crippen molar-refractivity contribution in [2.45, 2.75) is 20.8 Å². The summed E-state index contributed by atoms with van der Waals surface area (Å²) < 4.78 is 11.0. The number of carbonyl (C=O) groups is 2. The molecule has 0 unspecified atom stereocenters. The minimum absolute atomic E-state index is 0.435. The smallest absolute Gasteiger partial charge is 0.314 e. The second-order valence-electron chi connectivity index (χ2n) is 5.40. The van der Waals surface area contributed by atoms with Gasteiger partial charge in [-0.25, -0.2) is 0 Å². The zero-order valence-electron chi connectivity index (χ0n) is 14.9. The van der Waals surface area contributed by atoms with Crippen LogP contribution in [-0.4, -0.2) is 25.0 Å². The van der Waals surface area contributed by atoms with Crippen LogP contribution in [0, 0.1) is 6.92 Å². The Morgan fingerprint density at radius 3 is 2.23 bits per heavy atom. The summed E-state index contributed by atoms with van der Waals surface area (Å²) in [5.41, 5.74) is 1.72. The van der Waals surface area contributed by atoms with Gasteiger partial charge in [-0.05, 0) is 56.7 Å². The molecular weight excluding hydrogens is 356 g/mol. The number of hydrogen-bond acceptors (Lipinski definition) is 4. The van der Waals surface area contributed by atoms with E-state index in [0.717, 1.165) is 5.56 Å². The van der Waals surface area contributed by atoms with Gasteiger partial charge in [0, 0.05) is 22.5 Å². The van der Waals surface area contributed by atoms with Gasteiger partial charge < -0.3 is 20.1 Å². The second-order valence-corrected chi connectivity index (χ2v) is 5.83. The molecule has 0 aromatic heterocycles. The number of aryl methyl sites for hydroxylation is 1. The highest BCUT2D eigenvalue weighted by Gasteiger charge is 2.16. The lowest BCUT2D eigenvalue weighted by Crippen LogP contribution is -2.29. The molecule has 138 valence electrons. The molecule has 0 spiro atoms. The van der Waals surface area contributed by atoms with Gasteiger partial charge in [0.2, 0.25) is 0 Å². The topological polar surface area (TPSA) is 76.7 Å². The van der Waals surface area contributed by atoms with Crippen LogP contribution in [0.1, 0.15) is 19.4 Å². The summed E-state index contributed by atoms with van der Waals surface area (Å²) in [6.45, 7) is 6.46. The SMILES string of the molecule is CCOc1ccc(NC(=O)C(=O)Nc2ccc(Cl)cc2C)cc1OCC. The molecular formula is C19H21ClN2O4. The number of hydrogen-bond donors (Lipinski definition) is 2. The number of rotatable bonds is 6. The van der Waals surface area contributed by atoms with Gasteiger partial charge in [0.1, 0.15) is 0 Å². The standard InChI is InChI=1S/C19H21ClN2O4/c1-4-25-16-9-7-14(11-17(16)26-5-2)21-18(23)19(24)22-15-8-6-13(20)10-12(15)3/h6-11H,4-5H2,1-3H3,(H,21,23)(H,22,24). The van der Waals surface area contributed by atoms with Crippen LogP contribution < -0.4 is 20.1 Å². The molecule has 0 saturated carbocycles. The van der Waals surface area contributed by atoms with Crippen LogP contribution in [0.15, 0.2) is 36.4 Å². The van der Waals surface area contributed by atoms with Crippen molar-refractivity contribution in [2.75, 3.05) is 23.8 Å². The summed E-state index contributed by atoms with van der Waals surface area (Å²) in [4.78, 5) is 24.3. The molecule has 7 heteroatoms. The van der Waals surface area contributed by atoms with Crippen molar-refractivity contribution in [1.29, 1.82) is 0 Å². The first-order valence-electron chi connectivity index (χ1n) is 8.22. The summed E-state index contributed by atoms with van der Waals surface area (Å²) in [6.07, 6.45) is 0. The van der Waals surface area contributed by atoms with E-state index in [2.05, 4.69) is 10.6 Å². The molecule has 0 fully saturated rings. The van der Waals surface area contributed by atoms with E-state index >= 15 is 0 Å². The van der Waals surface area contributed by atoms with Gasteiger partial charge in [0.25, 0.3) is 0 Å². The monoisotopic (exact) mass is 376 g/mol. The van der Waals surface area contributed by atoms with Crippen molar-refractivity contribution < 1.29 is 19.1 Å². The van der Waals surface area contributed by atoms with E-state index in [0.29, 0.717) is 41.1 Å². The molecule has 2 rings (SSSR count). The molecule has 2 aromatic rings. The molecule has 0 saturated heterocycles. The Bertz CT molecular complexity index is 808. The maximum Gasteiger partial charge on any atom is 0.314 e. The number of carbonyl (C=O) groups excluding carboxylic acids is 2. The Kier molecular flexibility index (Phi) is 6.86. The lowest BCUT2D eigenvalue weighted by Gasteiger charge is -2.13. The summed E-state index contributed by atoms with van der Waals surface area (Å²) >= 11 is 5.88. The largest absolute Gasteiger partial charge is 0.490 e. The molecule has 0 aliphatic carbocycles. The molecule has 2 N–H and O–H groups in total. The molecule has 0 aliphatic heterocycles. The zero-order chi connectivity index (χ0) is 19.1. The molecule has 2 aromatic carbocycles. The molecule has 0 aliphatic rings. The first-order valence-corrected chi connectivity index (χ1v) is 8.60. The Morgan fingerprint density at radius 1 is 0.923 bits per heavy atom. The Hall–Kier alpha value is -2.73. The number of nitrogens with one attached hydrogen (secondary N) is 2. The van der Waals surface area contributed by atoms with E-state index in [-0.39, 0.29) is 0 Å². The summed E-state index contributed by atoms with van der Waals surface area (Å²) in [7, 11) is 0. The first-order chi connectivity index (χ1) is 12.4. The fraction of sp³-hybridized carbons (Fsp3) is 0.263. The van der Waals surface area contributed by atoms with Crippen molar-refractivity contribution in [3.8, 4) is 11.5 Å². The average molecular weight is 377 g/mol. The van der Waals surface area contributed by atoms with Crippen molar-refractivity contribution in [3.63, 3.8) is 0 Å². The van der Waals surface area contributed by atoms with Crippen molar-refractivity contribution >= 4 is 34.8 Å². The van der Waals surface area contributed by atoms with Gasteiger partial charge in [0.05, 0.1) is 13.2 Å². The molecule has 0 heterocycles. The van der Waals surface area contributed by atoms with Gasteiger partial charge >= 0.3 is 11.8 Å². The van der Waals surface area contributed by atoms with Gasteiger partial charge in [-0.1, -0.05) is 11.6 Å². The van der Waals surface area contributed by atoms with Gasteiger partial charge in [-0.3, -0.25) is 9.59 Å². The third-order valence-electron chi connectivity index (χ3n) is 3.44. The summed E-state index contributed by atoms with van der Waals surface area (Å²) in [5, 5.41) is 5.67. The fourth-order valence-corrected chi connectivity index (χ4v) is 2.49. The first kappa shape index (κ1) is 19.6. The maximum atomic E-state index is 12.2. The van der Waals surface area contributed by atoms with E-state index in [9.17, 15) is 9.59 Å². The highest BCUT2D eigenvalue weighted by Crippen LogP contribution is 2.30. The van der Waals surface area contributed by atoms with Crippen molar-refractivity contribution in [2.24, 2.45) is 0 Å². The van der Waals surface area contributed by atoms with E-state index in [1.807, 2.05) is 13.8 Å². The minimum atomic E-state index is -0.786. The van der Waals surface area contributed by atoms with Crippen LogP contribution >= 0.6 is 11.6 Å². The Morgan fingerprint density at radius 2 is 1.58 bits per heavy atom. The van der Waals surface area contributed by atoms with E-state index in [1.54, 1.807) is 43.3 Å². The quantitative estimate of drug-likeness (QED) is 0.746. The van der Waals surface area contributed by atoms with E-state index < -0.39 is 11.8 Å². The van der Waals surface area contributed by atoms with E-state index in [4.69, 9.17) is 21.1 Å². The fourth-order valence-electron chi connectivity index (χ4n) is 2.26. The van der Waals surface area contributed by atoms with Crippen LogP contribution in [0.5, 0.6) is 11.5 Å². The van der Waals surface area contributed by atoms with Crippen molar-refractivity contribution in [3.05, 3.63) is 47.0 Å². The average Bonchev–Trinajstić information content (AvgIpc) is 2.60. The summed E-state index contributed by atoms with van der Waals surface area (Å²) in [5.74, 6) is -0.483. The highest BCUT2D eigenvalue weighted by molar-refractivity contribution is 6.43. The minimum Gasteiger partial charge on any atom is -0.490 e. The van der Waals surface area contributed by atoms with Crippen LogP contribution in [0.2, 0.25) is 5.02 Å². The van der Waals surface area contributed by atoms with Gasteiger partial charge in [0.15, 0.2) is 11.5 Å². The number of amides is 2. The summed E-state index contributed by atoms with van der Waals surface area (Å²) in [6, 6.07) is 9.94. The number of anilines is 2. The third kappa shape index (κ3) is 5.13. The predicted molar refractivity (Wildman–Crippen MR) is 102 cm³/mol. The maximum absolute atomic E-state index is 12.2. The highest BCUT2D eigenvalue weighted by atomic mass is 35.5. The van der Waals surface area contributed by atoms with Crippen LogP contribution in [0.4, 0.5) is 11.4 Å². The Labute approximate surface area is 157 Å².